The van der Waals surface area contributed by atoms with Crippen molar-refractivity contribution in [1.82, 2.24) is 14.4 Å². The normalized spacial score (nSPS) is 14.1. The molecular weight excluding hydrogens is 470 g/mol. The molecule has 1 saturated heterocycles. The van der Waals surface area contributed by atoms with Crippen molar-refractivity contribution in [3.05, 3.63) is 79.1 Å². The van der Waals surface area contributed by atoms with Gasteiger partial charge < -0.3 is 19.3 Å². The molecule has 1 fully saturated rings. The predicted octanol–water partition coefficient (Wildman–Crippen LogP) is 3.40. The molecule has 1 amide bonds. The van der Waals surface area contributed by atoms with Crippen molar-refractivity contribution in [3.8, 4) is 0 Å². The minimum Gasteiger partial charge on any atom is -0.362 e. The van der Waals surface area contributed by atoms with E-state index >= 15 is 0 Å². The van der Waals surface area contributed by atoms with E-state index in [0.717, 1.165) is 5.56 Å². The van der Waals surface area contributed by atoms with Gasteiger partial charge >= 0.3 is 11.2 Å². The number of nitro groups is 1. The van der Waals surface area contributed by atoms with E-state index in [1.54, 1.807) is 29.2 Å². The number of carbonyl (C=O) groups is 1. The van der Waals surface area contributed by atoms with Gasteiger partial charge in [0.25, 0.3) is 5.91 Å². The maximum absolute atomic E-state index is 13.4. The number of aromatic nitrogens is 1. The third kappa shape index (κ3) is 5.01. The molecule has 0 saturated carbocycles. The number of halogens is 1. The van der Waals surface area contributed by atoms with E-state index < -0.39 is 16.2 Å². The Kier molecular flexibility index (Phi) is 7.09. The standard InChI is InChI=1S/C25H28ClN5O4/c1-17-4-9-21-20(16-17)22(23(31(34)35)25(33)30(21)15-10-27(2)3)28-11-13-29(14-12-28)24(32)18-5-7-19(26)8-6-18/h4-9,16H,10-15H2,1-3H3. The number of anilines is 1. The number of likely N-dealkylation sites (N-methyl/N-ethyl adjacent to an activating group) is 1. The van der Waals surface area contributed by atoms with Crippen molar-refractivity contribution in [2.24, 2.45) is 0 Å². The highest BCUT2D eigenvalue weighted by Gasteiger charge is 2.32. The summed E-state index contributed by atoms with van der Waals surface area (Å²) in [7, 11) is 3.79. The number of hydrogen-bond donors (Lipinski definition) is 0. The number of hydrogen-bond acceptors (Lipinski definition) is 6. The molecule has 1 aliphatic rings. The highest BCUT2D eigenvalue weighted by molar-refractivity contribution is 6.30. The smallest absolute Gasteiger partial charge is 0.357 e. The number of carbonyl (C=O) groups excluding carboxylic acids is 1. The maximum Gasteiger partial charge on any atom is 0.357 e. The van der Waals surface area contributed by atoms with Crippen LogP contribution in [0.25, 0.3) is 10.9 Å². The highest BCUT2D eigenvalue weighted by Crippen LogP contribution is 2.35. The quantitative estimate of drug-likeness (QED) is 0.383. The van der Waals surface area contributed by atoms with Gasteiger partial charge in [0.05, 0.1) is 10.4 Å². The molecule has 10 heteroatoms. The average molecular weight is 498 g/mol. The first kappa shape index (κ1) is 24.7. The lowest BCUT2D eigenvalue weighted by atomic mass is 10.1. The van der Waals surface area contributed by atoms with Crippen LogP contribution in [-0.2, 0) is 6.54 Å². The molecule has 184 valence electrons. The number of fused-ring (bicyclic) bond motifs is 1. The number of benzene rings is 2. The second-order valence-corrected chi connectivity index (χ2v) is 9.46. The van der Waals surface area contributed by atoms with Crippen LogP contribution in [0, 0.1) is 17.0 Å². The Morgan fingerprint density at radius 1 is 1.09 bits per heavy atom. The predicted molar refractivity (Wildman–Crippen MR) is 138 cm³/mol. The molecule has 1 aromatic heterocycles. The molecule has 0 atom stereocenters. The number of amides is 1. The van der Waals surface area contributed by atoms with Gasteiger partial charge in [0, 0.05) is 55.2 Å². The van der Waals surface area contributed by atoms with E-state index in [2.05, 4.69) is 0 Å². The fourth-order valence-electron chi connectivity index (χ4n) is 4.46. The summed E-state index contributed by atoms with van der Waals surface area (Å²) in [5.41, 5.74) is 1.46. The van der Waals surface area contributed by atoms with Gasteiger partial charge in [-0.3, -0.25) is 19.7 Å². The average Bonchev–Trinajstić information content (AvgIpc) is 2.82. The molecule has 1 aliphatic heterocycles. The Bertz CT molecular complexity index is 1330. The maximum atomic E-state index is 13.4. The van der Waals surface area contributed by atoms with Crippen LogP contribution in [0.4, 0.5) is 11.4 Å². The van der Waals surface area contributed by atoms with E-state index in [1.165, 1.54) is 4.57 Å². The van der Waals surface area contributed by atoms with Crippen molar-refractivity contribution < 1.29 is 9.72 Å². The van der Waals surface area contributed by atoms with Crippen molar-refractivity contribution >= 4 is 39.8 Å². The molecule has 0 aliphatic carbocycles. The van der Waals surface area contributed by atoms with Crippen molar-refractivity contribution in [2.75, 3.05) is 51.7 Å². The fourth-order valence-corrected chi connectivity index (χ4v) is 4.58. The number of aryl methyl sites for hydroxylation is 1. The van der Waals surface area contributed by atoms with Crippen LogP contribution in [0.5, 0.6) is 0 Å². The van der Waals surface area contributed by atoms with Gasteiger partial charge in [-0.15, -0.1) is 0 Å². The molecule has 9 nitrogen and oxygen atoms in total. The van der Waals surface area contributed by atoms with Crippen LogP contribution in [-0.4, -0.2) is 72.0 Å². The van der Waals surface area contributed by atoms with Crippen molar-refractivity contribution in [1.29, 1.82) is 0 Å². The molecule has 35 heavy (non-hydrogen) atoms. The number of pyridine rings is 1. The topological polar surface area (TPSA) is 91.9 Å². The van der Waals surface area contributed by atoms with E-state index in [1.807, 2.05) is 49.0 Å². The van der Waals surface area contributed by atoms with Crippen molar-refractivity contribution in [2.45, 2.75) is 13.5 Å². The lowest BCUT2D eigenvalue weighted by Crippen LogP contribution is -2.49. The fraction of sp³-hybridized carbons (Fsp3) is 0.360. The third-order valence-corrected chi connectivity index (χ3v) is 6.55. The Hall–Kier alpha value is -3.43. The third-order valence-electron chi connectivity index (χ3n) is 6.30. The van der Waals surface area contributed by atoms with Gasteiger partial charge in [0.15, 0.2) is 0 Å². The number of rotatable bonds is 6. The summed E-state index contributed by atoms with van der Waals surface area (Å²) in [5.74, 6) is -0.115. The van der Waals surface area contributed by atoms with Gasteiger partial charge in [-0.1, -0.05) is 23.2 Å². The first-order valence-corrected chi connectivity index (χ1v) is 11.8. The molecule has 4 rings (SSSR count). The van der Waals surface area contributed by atoms with Gasteiger partial charge in [-0.25, -0.2) is 0 Å². The lowest BCUT2D eigenvalue weighted by molar-refractivity contribution is -0.385. The second-order valence-electron chi connectivity index (χ2n) is 9.02. The summed E-state index contributed by atoms with van der Waals surface area (Å²) in [6, 6.07) is 12.4. The molecule has 0 N–H and O–H groups in total. The minimum absolute atomic E-state index is 0.115. The Morgan fingerprint density at radius 2 is 1.74 bits per heavy atom. The first-order chi connectivity index (χ1) is 16.7. The summed E-state index contributed by atoms with van der Waals surface area (Å²) in [5, 5.41) is 13.4. The molecule has 2 aromatic carbocycles. The highest BCUT2D eigenvalue weighted by atomic mass is 35.5. The van der Waals surface area contributed by atoms with Crippen LogP contribution < -0.4 is 10.5 Å². The number of piperazine rings is 1. The summed E-state index contributed by atoms with van der Waals surface area (Å²) in [6.07, 6.45) is 0. The summed E-state index contributed by atoms with van der Waals surface area (Å²) in [6.45, 7) is 4.37. The molecule has 0 bridgehead atoms. The number of nitrogens with zero attached hydrogens (tertiary/aromatic N) is 5. The van der Waals surface area contributed by atoms with Crippen LogP contribution in [0.3, 0.4) is 0 Å². The van der Waals surface area contributed by atoms with Crippen LogP contribution in [0.15, 0.2) is 47.3 Å². The molecular formula is C25H28ClN5O4. The molecule has 0 radical (unpaired) electrons. The van der Waals surface area contributed by atoms with Crippen LogP contribution >= 0.6 is 11.6 Å². The van der Waals surface area contributed by atoms with E-state index in [4.69, 9.17) is 11.6 Å². The summed E-state index contributed by atoms with van der Waals surface area (Å²) >= 11 is 5.93. The van der Waals surface area contributed by atoms with Gasteiger partial charge in [0.1, 0.15) is 5.69 Å². The van der Waals surface area contributed by atoms with Gasteiger partial charge in [0.2, 0.25) is 0 Å². The molecule has 0 spiro atoms. The zero-order valence-corrected chi connectivity index (χ0v) is 20.8. The Morgan fingerprint density at radius 3 is 2.34 bits per heavy atom. The largest absolute Gasteiger partial charge is 0.362 e. The van der Waals surface area contributed by atoms with E-state index in [0.29, 0.717) is 66.4 Å². The van der Waals surface area contributed by atoms with Crippen LogP contribution in [0.2, 0.25) is 5.02 Å². The van der Waals surface area contributed by atoms with Gasteiger partial charge in [-0.2, -0.15) is 0 Å². The minimum atomic E-state index is -0.608. The molecule has 2 heterocycles. The zero-order chi connectivity index (χ0) is 25.3. The Labute approximate surface area is 208 Å². The van der Waals surface area contributed by atoms with Gasteiger partial charge in [-0.05, 0) is 57.4 Å². The Balaban J connectivity index is 1.72. The molecule has 0 unspecified atom stereocenters. The van der Waals surface area contributed by atoms with E-state index in [-0.39, 0.29) is 5.91 Å². The summed E-state index contributed by atoms with van der Waals surface area (Å²) in [4.78, 5) is 43.4. The second kappa shape index (κ2) is 10.1. The van der Waals surface area contributed by atoms with Crippen molar-refractivity contribution in [3.63, 3.8) is 0 Å². The van der Waals surface area contributed by atoms with Crippen LogP contribution in [0.1, 0.15) is 15.9 Å². The first-order valence-electron chi connectivity index (χ1n) is 11.4. The summed E-state index contributed by atoms with van der Waals surface area (Å²) < 4.78 is 1.50. The zero-order valence-electron chi connectivity index (χ0n) is 20.0. The van der Waals surface area contributed by atoms with E-state index in [9.17, 15) is 19.7 Å². The molecule has 3 aromatic rings. The monoisotopic (exact) mass is 497 g/mol. The SMILES string of the molecule is Cc1ccc2c(c1)c(N1CCN(C(=O)c3ccc(Cl)cc3)CC1)c([N+](=O)[O-])c(=O)n2CCN(C)C. The lowest BCUT2D eigenvalue weighted by Gasteiger charge is -2.36.